The van der Waals surface area contributed by atoms with Crippen LogP contribution in [0.4, 0.5) is 0 Å². The third-order valence-corrected chi connectivity index (χ3v) is 4.64. The molecule has 0 bridgehead atoms. The Bertz CT molecular complexity index is 971. The van der Waals surface area contributed by atoms with Crippen LogP contribution in [0.3, 0.4) is 0 Å². The molecular formula is C22H20N2O4S. The molecule has 2 aromatic carbocycles. The first kappa shape index (κ1) is 21.9. The van der Waals surface area contributed by atoms with Gasteiger partial charge in [0, 0.05) is 16.7 Å². The van der Waals surface area contributed by atoms with Gasteiger partial charge in [-0.1, -0.05) is 41.2 Å². The van der Waals surface area contributed by atoms with Crippen LogP contribution in [0.1, 0.15) is 31.9 Å². The standard InChI is InChI=1S/C22H20N2O4S/c1-4-27-22(26)19(14-23)13-17-5-9-20(10-6-17)29-21-11-7-18(8-12-21)15(2)24-28-16(3)25/h5-13H,4H2,1-3H3/b19-13+,24-15+. The van der Waals surface area contributed by atoms with Crippen LogP contribution in [0.25, 0.3) is 6.08 Å². The van der Waals surface area contributed by atoms with Gasteiger partial charge in [0.05, 0.1) is 12.3 Å². The van der Waals surface area contributed by atoms with Crippen LogP contribution >= 0.6 is 11.8 Å². The van der Waals surface area contributed by atoms with Gasteiger partial charge in [-0.05, 0) is 55.3 Å². The maximum Gasteiger partial charge on any atom is 0.348 e. The number of oxime groups is 1. The fourth-order valence-corrected chi connectivity index (χ4v) is 3.05. The molecular weight excluding hydrogens is 388 g/mol. The number of nitrogens with zero attached hydrogens (tertiary/aromatic N) is 2. The van der Waals surface area contributed by atoms with Crippen molar-refractivity contribution in [3.63, 3.8) is 0 Å². The molecule has 0 amide bonds. The summed E-state index contributed by atoms with van der Waals surface area (Å²) in [4.78, 5) is 29.2. The number of carbonyl (C=O) groups is 2. The predicted molar refractivity (Wildman–Crippen MR) is 111 cm³/mol. The lowest BCUT2D eigenvalue weighted by Gasteiger charge is -2.05. The third kappa shape index (κ3) is 6.94. The van der Waals surface area contributed by atoms with Gasteiger partial charge in [0.15, 0.2) is 0 Å². The molecule has 0 saturated carbocycles. The Hall–Kier alpha value is -3.37. The summed E-state index contributed by atoms with van der Waals surface area (Å²) in [6.07, 6.45) is 1.51. The molecule has 0 atom stereocenters. The molecule has 0 unspecified atom stereocenters. The molecule has 2 aromatic rings. The van der Waals surface area contributed by atoms with Gasteiger partial charge in [0.25, 0.3) is 0 Å². The molecule has 29 heavy (non-hydrogen) atoms. The number of carbonyl (C=O) groups excluding carboxylic acids is 2. The maximum atomic E-state index is 11.7. The minimum atomic E-state index is -0.624. The summed E-state index contributed by atoms with van der Waals surface area (Å²) in [6.45, 7) is 4.99. The van der Waals surface area contributed by atoms with Crippen molar-refractivity contribution < 1.29 is 19.2 Å². The molecule has 0 N–H and O–H groups in total. The van der Waals surface area contributed by atoms with Gasteiger partial charge in [0.1, 0.15) is 11.6 Å². The Morgan fingerprint density at radius 1 is 1.07 bits per heavy atom. The topological polar surface area (TPSA) is 88.8 Å². The van der Waals surface area contributed by atoms with Crippen molar-refractivity contribution >= 4 is 35.5 Å². The van der Waals surface area contributed by atoms with E-state index in [-0.39, 0.29) is 12.2 Å². The zero-order chi connectivity index (χ0) is 21.2. The molecule has 0 spiro atoms. The molecule has 0 aliphatic heterocycles. The minimum absolute atomic E-state index is 0.0337. The van der Waals surface area contributed by atoms with E-state index < -0.39 is 11.9 Å². The van der Waals surface area contributed by atoms with Crippen molar-refractivity contribution in [2.45, 2.75) is 30.6 Å². The zero-order valence-electron chi connectivity index (χ0n) is 16.3. The van der Waals surface area contributed by atoms with E-state index in [1.807, 2.05) is 54.6 Å². The smallest absolute Gasteiger partial charge is 0.348 e. The lowest BCUT2D eigenvalue weighted by molar-refractivity contribution is -0.141. The van der Waals surface area contributed by atoms with E-state index in [0.29, 0.717) is 5.71 Å². The van der Waals surface area contributed by atoms with E-state index in [1.54, 1.807) is 25.6 Å². The first-order chi connectivity index (χ1) is 13.9. The van der Waals surface area contributed by atoms with E-state index in [0.717, 1.165) is 20.9 Å². The number of benzene rings is 2. The number of rotatable bonds is 7. The van der Waals surface area contributed by atoms with E-state index >= 15 is 0 Å². The second-order valence-corrected chi connectivity index (χ2v) is 6.99. The highest BCUT2D eigenvalue weighted by atomic mass is 32.2. The van der Waals surface area contributed by atoms with Gasteiger partial charge >= 0.3 is 11.9 Å². The highest BCUT2D eigenvalue weighted by Gasteiger charge is 2.09. The van der Waals surface area contributed by atoms with Gasteiger partial charge in [-0.25, -0.2) is 9.59 Å². The average molecular weight is 408 g/mol. The molecule has 2 rings (SSSR count). The molecule has 0 saturated heterocycles. The highest BCUT2D eigenvalue weighted by Crippen LogP contribution is 2.28. The van der Waals surface area contributed by atoms with E-state index in [9.17, 15) is 9.59 Å². The van der Waals surface area contributed by atoms with Gasteiger partial charge in [-0.15, -0.1) is 0 Å². The Morgan fingerprint density at radius 3 is 2.17 bits per heavy atom. The quantitative estimate of drug-likeness (QED) is 0.166. The van der Waals surface area contributed by atoms with Gasteiger partial charge < -0.3 is 9.57 Å². The molecule has 0 heterocycles. The van der Waals surface area contributed by atoms with Crippen LogP contribution in [0.2, 0.25) is 0 Å². The van der Waals surface area contributed by atoms with Crippen molar-refractivity contribution in [2.75, 3.05) is 6.61 Å². The lowest BCUT2D eigenvalue weighted by Crippen LogP contribution is -2.05. The number of ether oxygens (including phenoxy) is 1. The number of esters is 1. The Kier molecular flexibility index (Phi) is 8.19. The Morgan fingerprint density at radius 2 is 1.66 bits per heavy atom. The lowest BCUT2D eigenvalue weighted by atomic mass is 10.1. The summed E-state index contributed by atoms with van der Waals surface area (Å²) >= 11 is 1.57. The monoisotopic (exact) mass is 408 g/mol. The second kappa shape index (κ2) is 10.8. The summed E-state index contributed by atoms with van der Waals surface area (Å²) in [6, 6.07) is 17.1. The molecule has 7 heteroatoms. The SMILES string of the molecule is CCOC(=O)/C(C#N)=C/c1ccc(Sc2ccc(/C(C)=N/OC(C)=O)cc2)cc1. The second-order valence-electron chi connectivity index (χ2n) is 5.85. The molecule has 0 radical (unpaired) electrons. The van der Waals surface area contributed by atoms with Crippen LogP contribution < -0.4 is 0 Å². The van der Waals surface area contributed by atoms with Crippen LogP contribution in [-0.4, -0.2) is 24.3 Å². The van der Waals surface area contributed by atoms with Crippen LogP contribution in [0.5, 0.6) is 0 Å². The average Bonchev–Trinajstić information content (AvgIpc) is 2.72. The minimum Gasteiger partial charge on any atom is -0.462 e. The van der Waals surface area contributed by atoms with Gasteiger partial charge in [0.2, 0.25) is 0 Å². The van der Waals surface area contributed by atoms with Crippen molar-refractivity contribution in [2.24, 2.45) is 5.16 Å². The zero-order valence-corrected chi connectivity index (χ0v) is 17.2. The summed E-state index contributed by atoms with van der Waals surface area (Å²) in [7, 11) is 0. The fourth-order valence-electron chi connectivity index (χ4n) is 2.23. The van der Waals surface area contributed by atoms with Crippen molar-refractivity contribution in [1.82, 2.24) is 0 Å². The van der Waals surface area contributed by atoms with Crippen molar-refractivity contribution in [1.29, 1.82) is 5.26 Å². The first-order valence-corrected chi connectivity index (χ1v) is 9.64. The van der Waals surface area contributed by atoms with Crippen LogP contribution in [-0.2, 0) is 19.2 Å². The van der Waals surface area contributed by atoms with Crippen molar-refractivity contribution in [3.8, 4) is 6.07 Å². The van der Waals surface area contributed by atoms with E-state index in [4.69, 9.17) is 10.00 Å². The molecule has 0 fully saturated rings. The van der Waals surface area contributed by atoms with Crippen LogP contribution in [0, 0.1) is 11.3 Å². The summed E-state index contributed by atoms with van der Waals surface area (Å²) in [5, 5.41) is 12.9. The van der Waals surface area contributed by atoms with E-state index in [2.05, 4.69) is 9.99 Å². The number of hydrogen-bond donors (Lipinski definition) is 0. The molecule has 148 valence electrons. The normalized spacial score (nSPS) is 11.5. The largest absolute Gasteiger partial charge is 0.462 e. The van der Waals surface area contributed by atoms with Crippen molar-refractivity contribution in [3.05, 3.63) is 65.2 Å². The van der Waals surface area contributed by atoms with E-state index in [1.165, 1.54) is 13.0 Å². The number of nitriles is 1. The van der Waals surface area contributed by atoms with Crippen LogP contribution in [0.15, 0.2) is 69.1 Å². The Labute approximate surface area is 173 Å². The van der Waals surface area contributed by atoms with Gasteiger partial charge in [-0.3, -0.25) is 0 Å². The summed E-state index contributed by atoms with van der Waals surface area (Å²) in [5.41, 5.74) is 2.18. The fraction of sp³-hybridized carbons (Fsp3) is 0.182. The molecule has 0 aliphatic rings. The summed E-state index contributed by atoms with van der Waals surface area (Å²) < 4.78 is 4.86. The maximum absolute atomic E-state index is 11.7. The molecule has 0 aliphatic carbocycles. The third-order valence-electron chi connectivity index (χ3n) is 3.63. The first-order valence-electron chi connectivity index (χ1n) is 8.82. The highest BCUT2D eigenvalue weighted by molar-refractivity contribution is 7.99. The van der Waals surface area contributed by atoms with Gasteiger partial charge in [-0.2, -0.15) is 5.26 Å². The molecule has 6 nitrogen and oxygen atoms in total. The number of hydrogen-bond acceptors (Lipinski definition) is 7. The molecule has 0 aromatic heterocycles. The predicted octanol–water partition coefficient (Wildman–Crippen LogP) is 4.59. The summed E-state index contributed by atoms with van der Waals surface area (Å²) in [5.74, 6) is -1.08. The Balaban J connectivity index is 2.06.